The van der Waals surface area contributed by atoms with Gasteiger partial charge in [-0.3, -0.25) is 4.79 Å². The second kappa shape index (κ2) is 6.63. The standard InChI is InChI=1S/C19H24N4O3/c1-13(17(24)23-11-9-19(7-8-19)10-12-23)20-18-22-21-16(26-18)14-3-5-15(25-2)6-4-14/h3-6,13H,7-12H2,1-2H3,(H,20,22)/t13-/m1/s1. The molecule has 2 heterocycles. The van der Waals surface area contributed by atoms with E-state index in [9.17, 15) is 4.79 Å². The number of nitrogens with one attached hydrogen (secondary N) is 1. The van der Waals surface area contributed by atoms with E-state index in [2.05, 4.69) is 15.5 Å². The van der Waals surface area contributed by atoms with Gasteiger partial charge >= 0.3 is 6.01 Å². The molecule has 1 aromatic carbocycles. The fourth-order valence-electron chi connectivity index (χ4n) is 3.53. The average Bonchev–Trinajstić information content (AvgIpc) is 3.26. The lowest BCUT2D eigenvalue weighted by Gasteiger charge is -2.33. The van der Waals surface area contributed by atoms with Gasteiger partial charge in [-0.15, -0.1) is 5.10 Å². The Morgan fingerprint density at radius 2 is 1.88 bits per heavy atom. The number of aromatic nitrogens is 2. The highest BCUT2D eigenvalue weighted by Gasteiger charge is 2.45. The highest BCUT2D eigenvalue weighted by molar-refractivity contribution is 5.83. The van der Waals surface area contributed by atoms with Crippen LogP contribution < -0.4 is 10.1 Å². The molecule has 1 atom stereocenters. The summed E-state index contributed by atoms with van der Waals surface area (Å²) in [6.45, 7) is 3.54. The van der Waals surface area contributed by atoms with Crippen molar-refractivity contribution in [2.24, 2.45) is 5.41 Å². The Morgan fingerprint density at radius 1 is 1.19 bits per heavy atom. The fourth-order valence-corrected chi connectivity index (χ4v) is 3.53. The number of methoxy groups -OCH3 is 1. The summed E-state index contributed by atoms with van der Waals surface area (Å²) in [5, 5.41) is 11.1. The highest BCUT2D eigenvalue weighted by atomic mass is 16.5. The van der Waals surface area contributed by atoms with E-state index in [1.807, 2.05) is 36.1 Å². The minimum Gasteiger partial charge on any atom is -0.497 e. The smallest absolute Gasteiger partial charge is 0.316 e. The summed E-state index contributed by atoms with van der Waals surface area (Å²) in [5.41, 5.74) is 1.36. The first-order valence-corrected chi connectivity index (χ1v) is 9.12. The zero-order chi connectivity index (χ0) is 18.1. The van der Waals surface area contributed by atoms with Gasteiger partial charge in [0.25, 0.3) is 0 Å². The molecule has 1 saturated carbocycles. The topological polar surface area (TPSA) is 80.5 Å². The van der Waals surface area contributed by atoms with Crippen molar-refractivity contribution < 1.29 is 13.9 Å². The maximum absolute atomic E-state index is 12.6. The van der Waals surface area contributed by atoms with E-state index in [4.69, 9.17) is 9.15 Å². The zero-order valence-electron chi connectivity index (χ0n) is 15.2. The van der Waals surface area contributed by atoms with Crippen LogP contribution in [0.2, 0.25) is 0 Å². The van der Waals surface area contributed by atoms with Gasteiger partial charge in [0, 0.05) is 18.7 Å². The Hall–Kier alpha value is -2.57. The molecule has 0 radical (unpaired) electrons. The van der Waals surface area contributed by atoms with Gasteiger partial charge in [-0.1, -0.05) is 5.10 Å². The van der Waals surface area contributed by atoms with Crippen molar-refractivity contribution in [2.75, 3.05) is 25.5 Å². The molecular formula is C19H24N4O3. The molecule has 1 aromatic heterocycles. The Kier molecular flexibility index (Phi) is 4.30. The maximum atomic E-state index is 12.6. The van der Waals surface area contributed by atoms with Crippen LogP contribution >= 0.6 is 0 Å². The third-order valence-electron chi connectivity index (χ3n) is 5.57. The largest absolute Gasteiger partial charge is 0.497 e. The third kappa shape index (κ3) is 3.38. The number of benzene rings is 1. The zero-order valence-corrected chi connectivity index (χ0v) is 15.2. The first kappa shape index (κ1) is 16.9. The summed E-state index contributed by atoms with van der Waals surface area (Å²) in [6.07, 6.45) is 4.93. The Bertz CT molecular complexity index is 772. The fraction of sp³-hybridized carbons (Fsp3) is 0.526. The molecule has 1 saturated heterocycles. The van der Waals surface area contributed by atoms with Crippen molar-refractivity contribution in [3.05, 3.63) is 24.3 Å². The first-order valence-electron chi connectivity index (χ1n) is 9.12. The monoisotopic (exact) mass is 356 g/mol. The molecule has 1 aliphatic carbocycles. The van der Waals surface area contributed by atoms with Crippen LogP contribution in [0.5, 0.6) is 5.75 Å². The second-order valence-corrected chi connectivity index (χ2v) is 7.33. The molecule has 0 bridgehead atoms. The molecule has 138 valence electrons. The van der Waals surface area contributed by atoms with Crippen LogP contribution in [0.3, 0.4) is 0 Å². The van der Waals surface area contributed by atoms with Gasteiger partial charge in [-0.05, 0) is 62.3 Å². The molecule has 1 amide bonds. The molecule has 2 fully saturated rings. The Morgan fingerprint density at radius 3 is 2.50 bits per heavy atom. The molecule has 26 heavy (non-hydrogen) atoms. The van der Waals surface area contributed by atoms with Crippen LogP contribution in [-0.2, 0) is 4.79 Å². The van der Waals surface area contributed by atoms with Gasteiger partial charge in [-0.25, -0.2) is 0 Å². The number of amides is 1. The number of carbonyl (C=O) groups excluding carboxylic acids is 1. The summed E-state index contributed by atoms with van der Waals surface area (Å²) < 4.78 is 10.8. The minimum atomic E-state index is -0.396. The van der Waals surface area contributed by atoms with Crippen LogP contribution in [-0.4, -0.2) is 47.2 Å². The predicted octanol–water partition coefficient (Wildman–Crippen LogP) is 2.95. The van der Waals surface area contributed by atoms with Crippen molar-refractivity contribution in [3.63, 3.8) is 0 Å². The second-order valence-electron chi connectivity index (χ2n) is 7.33. The average molecular weight is 356 g/mol. The number of hydrogen-bond donors (Lipinski definition) is 1. The molecule has 1 spiro atoms. The van der Waals surface area contributed by atoms with E-state index in [0.717, 1.165) is 37.2 Å². The van der Waals surface area contributed by atoms with Crippen LogP contribution in [0.1, 0.15) is 32.6 Å². The van der Waals surface area contributed by atoms with E-state index in [1.54, 1.807) is 7.11 Å². The van der Waals surface area contributed by atoms with E-state index < -0.39 is 6.04 Å². The molecule has 0 unspecified atom stereocenters. The van der Waals surface area contributed by atoms with Crippen LogP contribution in [0, 0.1) is 5.41 Å². The SMILES string of the molecule is COc1ccc(-c2nnc(N[C@H](C)C(=O)N3CCC4(CC3)CC4)o2)cc1. The van der Waals surface area contributed by atoms with Crippen molar-refractivity contribution in [1.29, 1.82) is 0 Å². The summed E-state index contributed by atoms with van der Waals surface area (Å²) in [7, 11) is 1.62. The number of carbonyl (C=O) groups is 1. The molecule has 4 rings (SSSR count). The van der Waals surface area contributed by atoms with Crippen molar-refractivity contribution in [3.8, 4) is 17.2 Å². The summed E-state index contributed by atoms with van der Waals surface area (Å²) in [5.74, 6) is 1.26. The highest BCUT2D eigenvalue weighted by Crippen LogP contribution is 2.53. The first-order chi connectivity index (χ1) is 12.6. The van der Waals surface area contributed by atoms with Gasteiger partial charge in [0.05, 0.1) is 7.11 Å². The Labute approximate surface area is 152 Å². The van der Waals surface area contributed by atoms with Gasteiger partial charge in [0.15, 0.2) is 0 Å². The predicted molar refractivity (Wildman–Crippen MR) is 96.9 cm³/mol. The molecular weight excluding hydrogens is 332 g/mol. The summed E-state index contributed by atoms with van der Waals surface area (Å²) in [4.78, 5) is 14.6. The molecule has 7 nitrogen and oxygen atoms in total. The number of nitrogens with zero attached hydrogens (tertiary/aromatic N) is 3. The van der Waals surface area contributed by atoms with Crippen LogP contribution in [0.15, 0.2) is 28.7 Å². The molecule has 1 N–H and O–H groups in total. The number of likely N-dealkylation sites (tertiary alicyclic amines) is 1. The normalized spacial score (nSPS) is 19.2. The molecule has 7 heteroatoms. The lowest BCUT2D eigenvalue weighted by Crippen LogP contribution is -2.45. The number of piperidine rings is 1. The number of ether oxygens (including phenoxy) is 1. The van der Waals surface area contributed by atoms with Crippen LogP contribution in [0.4, 0.5) is 6.01 Å². The lowest BCUT2D eigenvalue weighted by molar-refractivity contribution is -0.133. The van der Waals surface area contributed by atoms with Crippen molar-refractivity contribution in [1.82, 2.24) is 15.1 Å². The Balaban J connectivity index is 1.36. The van der Waals surface area contributed by atoms with Crippen molar-refractivity contribution >= 4 is 11.9 Å². The number of anilines is 1. The third-order valence-corrected chi connectivity index (χ3v) is 5.57. The van der Waals surface area contributed by atoms with E-state index in [0.29, 0.717) is 11.3 Å². The molecule has 1 aliphatic heterocycles. The minimum absolute atomic E-state index is 0.0877. The number of rotatable bonds is 5. The van der Waals surface area contributed by atoms with Crippen molar-refractivity contribution in [2.45, 2.75) is 38.6 Å². The molecule has 2 aromatic rings. The maximum Gasteiger partial charge on any atom is 0.316 e. The van der Waals surface area contributed by atoms with Crippen LogP contribution in [0.25, 0.3) is 11.5 Å². The van der Waals surface area contributed by atoms with E-state index in [1.165, 1.54) is 12.8 Å². The van der Waals surface area contributed by atoms with Gasteiger partial charge in [0.2, 0.25) is 11.8 Å². The quantitative estimate of drug-likeness (QED) is 0.887. The summed E-state index contributed by atoms with van der Waals surface area (Å²) >= 11 is 0. The van der Waals surface area contributed by atoms with Gasteiger partial charge in [-0.2, -0.15) is 0 Å². The summed E-state index contributed by atoms with van der Waals surface area (Å²) in [6, 6.07) is 7.24. The van der Waals surface area contributed by atoms with Gasteiger partial charge in [0.1, 0.15) is 11.8 Å². The molecule has 2 aliphatic rings. The van der Waals surface area contributed by atoms with E-state index >= 15 is 0 Å². The lowest BCUT2D eigenvalue weighted by atomic mass is 9.93. The number of hydrogen-bond acceptors (Lipinski definition) is 6. The van der Waals surface area contributed by atoms with E-state index in [-0.39, 0.29) is 11.9 Å². The van der Waals surface area contributed by atoms with Gasteiger partial charge < -0.3 is 19.4 Å².